The molecule has 0 saturated carbocycles. The summed E-state index contributed by atoms with van der Waals surface area (Å²) in [7, 11) is 1.44. The van der Waals surface area contributed by atoms with Crippen molar-refractivity contribution in [2.45, 2.75) is 45.1 Å². The van der Waals surface area contributed by atoms with Gasteiger partial charge in [0.15, 0.2) is 11.6 Å². The van der Waals surface area contributed by atoms with E-state index in [9.17, 15) is 9.50 Å². The van der Waals surface area contributed by atoms with Crippen LogP contribution in [0, 0.1) is 5.82 Å². The highest BCUT2D eigenvalue weighted by atomic mass is 19.1. The summed E-state index contributed by atoms with van der Waals surface area (Å²) in [4.78, 5) is 0. The topological polar surface area (TPSA) is 29.5 Å². The summed E-state index contributed by atoms with van der Waals surface area (Å²) >= 11 is 0. The van der Waals surface area contributed by atoms with Crippen LogP contribution in [0.5, 0.6) is 5.75 Å². The predicted molar refractivity (Wildman–Crippen MR) is 66.8 cm³/mol. The molecule has 1 rings (SSSR count). The molecule has 0 saturated heterocycles. The van der Waals surface area contributed by atoms with Gasteiger partial charge in [0.05, 0.1) is 12.7 Å². The molecule has 0 radical (unpaired) electrons. The van der Waals surface area contributed by atoms with E-state index in [1.807, 2.05) is 13.8 Å². The Morgan fingerprint density at radius 1 is 1.35 bits per heavy atom. The summed E-state index contributed by atoms with van der Waals surface area (Å²) in [6.45, 7) is 3.94. The van der Waals surface area contributed by atoms with Crippen molar-refractivity contribution in [1.82, 2.24) is 0 Å². The van der Waals surface area contributed by atoms with E-state index in [1.54, 1.807) is 18.2 Å². The average Bonchev–Trinajstić information content (AvgIpc) is 2.32. The molecule has 0 aliphatic rings. The summed E-state index contributed by atoms with van der Waals surface area (Å²) in [5.41, 5.74) is -0.302. The van der Waals surface area contributed by atoms with E-state index < -0.39 is 5.60 Å². The molecular weight excluding hydrogens is 219 g/mol. The molecule has 17 heavy (non-hydrogen) atoms. The third-order valence-electron chi connectivity index (χ3n) is 3.16. The van der Waals surface area contributed by atoms with Gasteiger partial charge in [-0.3, -0.25) is 0 Å². The molecule has 1 N–H and O–H groups in total. The lowest BCUT2D eigenvalue weighted by Crippen LogP contribution is -2.30. The van der Waals surface area contributed by atoms with Crippen LogP contribution in [0.3, 0.4) is 0 Å². The van der Waals surface area contributed by atoms with Crippen molar-refractivity contribution >= 4 is 0 Å². The quantitative estimate of drug-likeness (QED) is 0.826. The van der Waals surface area contributed by atoms with Crippen LogP contribution in [-0.2, 0) is 6.42 Å². The fraction of sp³-hybridized carbons (Fsp3) is 0.571. The van der Waals surface area contributed by atoms with Gasteiger partial charge in [0.1, 0.15) is 0 Å². The van der Waals surface area contributed by atoms with Crippen LogP contribution in [-0.4, -0.2) is 17.8 Å². The number of benzene rings is 1. The van der Waals surface area contributed by atoms with E-state index in [0.717, 1.165) is 6.42 Å². The van der Waals surface area contributed by atoms with Crippen LogP contribution in [0.1, 0.15) is 38.7 Å². The van der Waals surface area contributed by atoms with Crippen molar-refractivity contribution in [2.75, 3.05) is 7.11 Å². The lowest BCUT2D eigenvalue weighted by atomic mass is 9.87. The molecule has 0 aliphatic heterocycles. The van der Waals surface area contributed by atoms with Gasteiger partial charge < -0.3 is 9.84 Å². The van der Waals surface area contributed by atoms with Crippen LogP contribution < -0.4 is 4.74 Å². The molecule has 96 valence electrons. The van der Waals surface area contributed by atoms with Gasteiger partial charge >= 0.3 is 0 Å². The minimum atomic E-state index is -0.818. The van der Waals surface area contributed by atoms with E-state index >= 15 is 0 Å². The van der Waals surface area contributed by atoms with Crippen LogP contribution in [0.25, 0.3) is 0 Å². The molecule has 1 aromatic rings. The maximum absolute atomic E-state index is 13.9. The standard InChI is InChI=1S/C14H21FO2/c1-4-9-14(16,5-2)10-11-7-6-8-12(17-3)13(11)15/h6-8,16H,4-5,9-10H2,1-3H3. The minimum Gasteiger partial charge on any atom is -0.494 e. The summed E-state index contributed by atoms with van der Waals surface area (Å²) in [6.07, 6.45) is 2.52. The van der Waals surface area contributed by atoms with Gasteiger partial charge in [-0.15, -0.1) is 0 Å². The van der Waals surface area contributed by atoms with E-state index in [2.05, 4.69) is 0 Å². The van der Waals surface area contributed by atoms with Crippen molar-refractivity contribution < 1.29 is 14.2 Å². The predicted octanol–water partition coefficient (Wildman–Crippen LogP) is 3.32. The molecule has 1 aromatic carbocycles. The van der Waals surface area contributed by atoms with Crippen LogP contribution in [0.2, 0.25) is 0 Å². The van der Waals surface area contributed by atoms with Gasteiger partial charge in [0.25, 0.3) is 0 Å². The minimum absolute atomic E-state index is 0.234. The largest absolute Gasteiger partial charge is 0.494 e. The van der Waals surface area contributed by atoms with Crippen molar-refractivity contribution in [3.8, 4) is 5.75 Å². The second kappa shape index (κ2) is 6.01. The number of ether oxygens (including phenoxy) is 1. The lowest BCUT2D eigenvalue weighted by molar-refractivity contribution is 0.0262. The lowest BCUT2D eigenvalue weighted by Gasteiger charge is -2.26. The Morgan fingerprint density at radius 3 is 2.59 bits per heavy atom. The van der Waals surface area contributed by atoms with Crippen LogP contribution >= 0.6 is 0 Å². The molecule has 0 amide bonds. The van der Waals surface area contributed by atoms with Gasteiger partial charge in [-0.2, -0.15) is 0 Å². The number of methoxy groups -OCH3 is 1. The first-order valence-electron chi connectivity index (χ1n) is 6.10. The first kappa shape index (κ1) is 14.0. The van der Waals surface area contributed by atoms with Gasteiger partial charge in [0, 0.05) is 6.42 Å². The van der Waals surface area contributed by atoms with E-state index in [-0.39, 0.29) is 11.6 Å². The summed E-state index contributed by atoms with van der Waals surface area (Å²) < 4.78 is 18.9. The van der Waals surface area contributed by atoms with Crippen molar-refractivity contribution in [2.24, 2.45) is 0 Å². The average molecular weight is 240 g/mol. The molecule has 0 spiro atoms. The van der Waals surface area contributed by atoms with Crippen molar-refractivity contribution in [3.63, 3.8) is 0 Å². The van der Waals surface area contributed by atoms with Crippen LogP contribution in [0.15, 0.2) is 18.2 Å². The molecule has 2 nitrogen and oxygen atoms in total. The first-order valence-corrected chi connectivity index (χ1v) is 6.10. The molecule has 0 aliphatic carbocycles. The third-order valence-corrected chi connectivity index (χ3v) is 3.16. The number of hydrogen-bond acceptors (Lipinski definition) is 2. The van der Waals surface area contributed by atoms with Crippen molar-refractivity contribution in [3.05, 3.63) is 29.6 Å². The monoisotopic (exact) mass is 240 g/mol. The second-order valence-corrected chi connectivity index (χ2v) is 4.44. The van der Waals surface area contributed by atoms with E-state index in [0.29, 0.717) is 24.8 Å². The number of halogens is 1. The Kier molecular flexibility index (Phi) is 4.94. The molecule has 0 heterocycles. The van der Waals surface area contributed by atoms with E-state index in [4.69, 9.17) is 4.74 Å². The highest BCUT2D eigenvalue weighted by Gasteiger charge is 2.26. The van der Waals surface area contributed by atoms with Gasteiger partial charge in [0.2, 0.25) is 0 Å². The Bertz CT molecular complexity index is 365. The highest BCUT2D eigenvalue weighted by molar-refractivity contribution is 5.31. The SMILES string of the molecule is CCCC(O)(CC)Cc1cccc(OC)c1F. The summed E-state index contributed by atoms with van der Waals surface area (Å²) in [5.74, 6) is -0.129. The number of aliphatic hydroxyl groups is 1. The second-order valence-electron chi connectivity index (χ2n) is 4.44. The zero-order valence-corrected chi connectivity index (χ0v) is 10.8. The Morgan fingerprint density at radius 2 is 2.06 bits per heavy atom. The zero-order valence-electron chi connectivity index (χ0n) is 10.8. The number of hydrogen-bond donors (Lipinski definition) is 1. The summed E-state index contributed by atoms with van der Waals surface area (Å²) in [6, 6.07) is 5.04. The Labute approximate surface area is 102 Å². The Balaban J connectivity index is 2.93. The normalized spacial score (nSPS) is 14.4. The van der Waals surface area contributed by atoms with Crippen molar-refractivity contribution in [1.29, 1.82) is 0 Å². The maximum Gasteiger partial charge on any atom is 0.168 e. The molecule has 1 atom stereocenters. The molecule has 1 unspecified atom stereocenters. The molecule has 0 aromatic heterocycles. The smallest absolute Gasteiger partial charge is 0.168 e. The molecule has 3 heteroatoms. The molecule has 0 bridgehead atoms. The first-order chi connectivity index (χ1) is 8.06. The van der Waals surface area contributed by atoms with Gasteiger partial charge in [-0.05, 0) is 24.5 Å². The maximum atomic E-state index is 13.9. The molecule has 0 fully saturated rings. The fourth-order valence-electron chi connectivity index (χ4n) is 2.06. The highest BCUT2D eigenvalue weighted by Crippen LogP contribution is 2.27. The van der Waals surface area contributed by atoms with E-state index in [1.165, 1.54) is 7.11 Å². The van der Waals surface area contributed by atoms with Gasteiger partial charge in [-0.1, -0.05) is 32.4 Å². The molecular formula is C14H21FO2. The summed E-state index contributed by atoms with van der Waals surface area (Å²) in [5, 5.41) is 10.4. The van der Waals surface area contributed by atoms with Crippen LogP contribution in [0.4, 0.5) is 4.39 Å². The third kappa shape index (κ3) is 3.43. The number of rotatable bonds is 6. The zero-order chi connectivity index (χ0) is 12.9. The van der Waals surface area contributed by atoms with Gasteiger partial charge in [-0.25, -0.2) is 4.39 Å². The Hall–Kier alpha value is -1.09. The fourth-order valence-corrected chi connectivity index (χ4v) is 2.06.